The van der Waals surface area contributed by atoms with Crippen molar-refractivity contribution in [3.63, 3.8) is 0 Å². The molecule has 0 bridgehead atoms. The van der Waals surface area contributed by atoms with Gasteiger partial charge in [-0.1, -0.05) is 17.3 Å². The largest absolute Gasteiger partial charge is 0.488 e. The van der Waals surface area contributed by atoms with Gasteiger partial charge in [-0.15, -0.1) is 0 Å². The lowest BCUT2D eigenvalue weighted by Crippen LogP contribution is -2.23. The Morgan fingerprint density at radius 1 is 1.25 bits per heavy atom. The van der Waals surface area contributed by atoms with Crippen LogP contribution < -0.4 is 10.4 Å². The second kappa shape index (κ2) is 8.39. The molecule has 0 radical (unpaired) electrons. The van der Waals surface area contributed by atoms with E-state index >= 15 is 0 Å². The third-order valence-electron chi connectivity index (χ3n) is 4.29. The molecule has 0 aliphatic rings. The molecule has 146 valence electrons. The minimum atomic E-state index is -0.315. The highest BCUT2D eigenvalue weighted by atomic mass is 79.9. The Balaban J connectivity index is 1.89. The molecule has 8 nitrogen and oxygen atoms in total. The van der Waals surface area contributed by atoms with Gasteiger partial charge in [0.2, 0.25) is 0 Å². The number of rotatable bonds is 6. The van der Waals surface area contributed by atoms with Crippen molar-refractivity contribution in [3.05, 3.63) is 68.0 Å². The lowest BCUT2D eigenvalue weighted by Gasteiger charge is -2.14. The standard InChI is InChI=1S/C19H20BrN5O3/c1-12-6-5-7-17(25-19(26)24(3)22-23-25)15(12)11-28-18-9-8-14(10-16(18)20)13(2)21-27-4/h5-10H,11H2,1-4H3/b21-13+. The van der Waals surface area contributed by atoms with Gasteiger partial charge in [0.15, 0.2) is 0 Å². The van der Waals surface area contributed by atoms with E-state index in [0.29, 0.717) is 11.4 Å². The molecule has 3 rings (SSSR count). The minimum absolute atomic E-state index is 0.272. The van der Waals surface area contributed by atoms with Crippen LogP contribution in [-0.4, -0.2) is 32.6 Å². The number of hydrogen-bond acceptors (Lipinski definition) is 6. The van der Waals surface area contributed by atoms with E-state index in [1.807, 2.05) is 50.2 Å². The third-order valence-corrected chi connectivity index (χ3v) is 4.90. The molecule has 0 spiro atoms. The van der Waals surface area contributed by atoms with Gasteiger partial charge < -0.3 is 9.57 Å². The minimum Gasteiger partial charge on any atom is -0.488 e. The zero-order valence-electron chi connectivity index (χ0n) is 16.0. The summed E-state index contributed by atoms with van der Waals surface area (Å²) >= 11 is 3.54. The van der Waals surface area contributed by atoms with E-state index in [-0.39, 0.29) is 12.3 Å². The molecule has 1 aromatic heterocycles. The van der Waals surface area contributed by atoms with Gasteiger partial charge in [0.25, 0.3) is 0 Å². The van der Waals surface area contributed by atoms with Crippen LogP contribution in [0, 0.1) is 6.92 Å². The van der Waals surface area contributed by atoms with Crippen molar-refractivity contribution in [2.75, 3.05) is 7.11 Å². The van der Waals surface area contributed by atoms with Gasteiger partial charge in [0.05, 0.1) is 15.9 Å². The molecule has 28 heavy (non-hydrogen) atoms. The van der Waals surface area contributed by atoms with Gasteiger partial charge in [0, 0.05) is 18.2 Å². The van der Waals surface area contributed by atoms with E-state index < -0.39 is 0 Å². The van der Waals surface area contributed by atoms with Crippen LogP contribution in [0.15, 0.2) is 50.8 Å². The molecular formula is C19H20BrN5O3. The fourth-order valence-corrected chi connectivity index (χ4v) is 3.21. The molecule has 0 fully saturated rings. The van der Waals surface area contributed by atoms with E-state index in [9.17, 15) is 4.79 Å². The highest BCUT2D eigenvalue weighted by Crippen LogP contribution is 2.28. The quantitative estimate of drug-likeness (QED) is 0.430. The Bertz CT molecular complexity index is 1090. The summed E-state index contributed by atoms with van der Waals surface area (Å²) in [6.07, 6.45) is 0. The van der Waals surface area contributed by atoms with E-state index in [1.54, 1.807) is 7.05 Å². The molecular weight excluding hydrogens is 426 g/mol. The van der Waals surface area contributed by atoms with Crippen LogP contribution in [0.4, 0.5) is 0 Å². The Hall–Kier alpha value is -2.94. The van der Waals surface area contributed by atoms with Gasteiger partial charge in [0.1, 0.15) is 19.5 Å². The smallest absolute Gasteiger partial charge is 0.368 e. The van der Waals surface area contributed by atoms with Gasteiger partial charge in [-0.25, -0.2) is 4.79 Å². The Morgan fingerprint density at radius 3 is 2.68 bits per heavy atom. The van der Waals surface area contributed by atoms with E-state index in [4.69, 9.17) is 9.57 Å². The number of hydrogen-bond donors (Lipinski definition) is 0. The summed E-state index contributed by atoms with van der Waals surface area (Å²) in [6, 6.07) is 11.3. The molecule has 0 aliphatic carbocycles. The average Bonchev–Trinajstić information content (AvgIpc) is 3.00. The topological polar surface area (TPSA) is 83.5 Å². The SMILES string of the molecule is CO/N=C(\C)c1ccc(OCc2c(C)cccc2-n2nnn(C)c2=O)c(Br)c1. The molecule has 0 unspecified atom stereocenters. The first kappa shape index (κ1) is 19.8. The van der Waals surface area contributed by atoms with Crippen LogP contribution in [0.2, 0.25) is 0 Å². The zero-order valence-corrected chi connectivity index (χ0v) is 17.6. The summed E-state index contributed by atoms with van der Waals surface area (Å²) in [5.41, 5.74) is 3.87. The molecule has 3 aromatic rings. The number of halogens is 1. The maximum absolute atomic E-state index is 12.2. The lowest BCUT2D eigenvalue weighted by atomic mass is 10.1. The fraction of sp³-hybridized carbons (Fsp3) is 0.263. The highest BCUT2D eigenvalue weighted by molar-refractivity contribution is 9.10. The normalized spacial score (nSPS) is 11.5. The van der Waals surface area contributed by atoms with Crippen LogP contribution in [0.3, 0.4) is 0 Å². The molecule has 0 N–H and O–H groups in total. The summed E-state index contributed by atoms with van der Waals surface area (Å²) in [7, 11) is 3.07. The van der Waals surface area contributed by atoms with Crippen LogP contribution in [0.5, 0.6) is 5.75 Å². The summed E-state index contributed by atoms with van der Waals surface area (Å²) in [5, 5.41) is 11.7. The van der Waals surface area contributed by atoms with Crippen molar-refractivity contribution in [2.45, 2.75) is 20.5 Å². The number of ether oxygens (including phenoxy) is 1. The Kier molecular flexibility index (Phi) is 5.93. The van der Waals surface area contributed by atoms with E-state index in [0.717, 1.165) is 26.9 Å². The maximum Gasteiger partial charge on any atom is 0.368 e. The lowest BCUT2D eigenvalue weighted by molar-refractivity contribution is 0.213. The Labute approximate surface area is 170 Å². The number of oxime groups is 1. The predicted molar refractivity (Wildman–Crippen MR) is 109 cm³/mol. The zero-order chi connectivity index (χ0) is 20.3. The molecule has 0 amide bonds. The van der Waals surface area contributed by atoms with Crippen LogP contribution in [0.25, 0.3) is 5.69 Å². The second-order valence-electron chi connectivity index (χ2n) is 6.16. The van der Waals surface area contributed by atoms with Crippen molar-refractivity contribution >= 4 is 21.6 Å². The number of nitrogens with zero attached hydrogens (tertiary/aromatic N) is 5. The predicted octanol–water partition coefficient (Wildman–Crippen LogP) is 2.99. The number of aryl methyl sites for hydroxylation is 2. The van der Waals surface area contributed by atoms with Crippen molar-refractivity contribution in [3.8, 4) is 11.4 Å². The molecule has 0 atom stereocenters. The Morgan fingerprint density at radius 2 is 2.04 bits per heavy atom. The monoisotopic (exact) mass is 445 g/mol. The third kappa shape index (κ3) is 3.99. The second-order valence-corrected chi connectivity index (χ2v) is 7.02. The molecule has 0 saturated carbocycles. The molecule has 9 heteroatoms. The van der Waals surface area contributed by atoms with Crippen molar-refractivity contribution in [2.24, 2.45) is 12.2 Å². The summed E-state index contributed by atoms with van der Waals surface area (Å²) in [4.78, 5) is 17.1. The first-order chi connectivity index (χ1) is 13.4. The van der Waals surface area contributed by atoms with Crippen LogP contribution >= 0.6 is 15.9 Å². The van der Waals surface area contributed by atoms with E-state index in [2.05, 4.69) is 31.5 Å². The van der Waals surface area contributed by atoms with Crippen LogP contribution in [0.1, 0.15) is 23.6 Å². The first-order valence-corrected chi connectivity index (χ1v) is 9.30. The van der Waals surface area contributed by atoms with Gasteiger partial charge in [-0.05, 0) is 70.0 Å². The van der Waals surface area contributed by atoms with Crippen molar-refractivity contribution in [1.29, 1.82) is 0 Å². The fourth-order valence-electron chi connectivity index (χ4n) is 2.72. The number of benzene rings is 2. The first-order valence-electron chi connectivity index (χ1n) is 8.50. The van der Waals surface area contributed by atoms with Gasteiger partial charge in [-0.3, -0.25) is 0 Å². The van der Waals surface area contributed by atoms with Crippen LogP contribution in [-0.2, 0) is 18.5 Å². The summed E-state index contributed by atoms with van der Waals surface area (Å²) in [6.45, 7) is 4.10. The van der Waals surface area contributed by atoms with Gasteiger partial charge >= 0.3 is 5.69 Å². The van der Waals surface area contributed by atoms with Crippen molar-refractivity contribution in [1.82, 2.24) is 19.8 Å². The molecule has 1 heterocycles. The highest BCUT2D eigenvalue weighted by Gasteiger charge is 2.14. The molecule has 2 aromatic carbocycles. The number of aromatic nitrogens is 4. The maximum atomic E-state index is 12.2. The summed E-state index contributed by atoms with van der Waals surface area (Å²) in [5.74, 6) is 0.676. The van der Waals surface area contributed by atoms with Crippen molar-refractivity contribution < 1.29 is 9.57 Å². The average molecular weight is 446 g/mol. The summed E-state index contributed by atoms with van der Waals surface area (Å²) < 4.78 is 9.27. The molecule has 0 aliphatic heterocycles. The molecule has 0 saturated heterocycles. The number of tetrazole rings is 1. The van der Waals surface area contributed by atoms with Gasteiger partial charge in [-0.2, -0.15) is 9.36 Å². The van der Waals surface area contributed by atoms with E-state index in [1.165, 1.54) is 16.5 Å².